The summed E-state index contributed by atoms with van der Waals surface area (Å²) < 4.78 is 1.78. The highest BCUT2D eigenvalue weighted by molar-refractivity contribution is 5.86. The van der Waals surface area contributed by atoms with Crippen LogP contribution in [0.15, 0.2) is 0 Å². The largest absolute Gasteiger partial charge is 0.476 e. The van der Waals surface area contributed by atoms with Crippen LogP contribution in [0.4, 0.5) is 0 Å². The van der Waals surface area contributed by atoms with E-state index in [1.165, 1.54) is 12.8 Å². The van der Waals surface area contributed by atoms with Gasteiger partial charge >= 0.3 is 5.97 Å². The Morgan fingerprint density at radius 1 is 1.56 bits per heavy atom. The van der Waals surface area contributed by atoms with Crippen molar-refractivity contribution < 1.29 is 9.90 Å². The lowest BCUT2D eigenvalue weighted by Crippen LogP contribution is -2.12. The normalized spacial score (nSPS) is 15.7. The maximum atomic E-state index is 11.0. The van der Waals surface area contributed by atoms with Crippen LogP contribution in [0.25, 0.3) is 0 Å². The van der Waals surface area contributed by atoms with Crippen LogP contribution < -0.4 is 0 Å². The molecule has 88 valence electrons. The quantitative estimate of drug-likeness (QED) is 0.823. The van der Waals surface area contributed by atoms with Gasteiger partial charge in [0.25, 0.3) is 0 Å². The van der Waals surface area contributed by atoms with Gasteiger partial charge in [0, 0.05) is 6.54 Å². The topological polar surface area (TPSA) is 68.0 Å². The van der Waals surface area contributed by atoms with E-state index in [0.717, 1.165) is 18.7 Å². The number of hydrogen-bond donors (Lipinski definition) is 1. The lowest BCUT2D eigenvalue weighted by molar-refractivity contribution is 0.0689. The summed E-state index contributed by atoms with van der Waals surface area (Å²) in [6, 6.07) is 0. The third-order valence-corrected chi connectivity index (χ3v) is 2.77. The van der Waals surface area contributed by atoms with E-state index < -0.39 is 5.97 Å². The maximum absolute atomic E-state index is 11.0. The highest BCUT2D eigenvalue weighted by Crippen LogP contribution is 2.31. The molecule has 0 saturated heterocycles. The molecule has 1 saturated carbocycles. The third-order valence-electron chi connectivity index (χ3n) is 2.77. The molecule has 16 heavy (non-hydrogen) atoms. The molecule has 1 aliphatic carbocycles. The van der Waals surface area contributed by atoms with E-state index in [9.17, 15) is 4.79 Å². The fraction of sp³-hybridized carbons (Fsp3) is 0.727. The Morgan fingerprint density at radius 3 is 2.75 bits per heavy atom. The van der Waals surface area contributed by atoms with Gasteiger partial charge in [-0.25, -0.2) is 9.48 Å². The molecular formula is C11H17N3O2. The minimum atomic E-state index is -0.974. The second-order valence-electron chi connectivity index (χ2n) is 4.91. The van der Waals surface area contributed by atoms with Gasteiger partial charge in [-0.1, -0.05) is 19.1 Å². The van der Waals surface area contributed by atoms with Crippen LogP contribution in [0, 0.1) is 11.8 Å². The zero-order chi connectivity index (χ0) is 11.7. The number of aromatic nitrogens is 3. The van der Waals surface area contributed by atoms with Crippen molar-refractivity contribution in [2.45, 2.75) is 39.7 Å². The summed E-state index contributed by atoms with van der Waals surface area (Å²) in [5, 5.41) is 16.7. The Hall–Kier alpha value is -1.39. The fourth-order valence-electron chi connectivity index (χ4n) is 1.78. The molecule has 0 aromatic carbocycles. The summed E-state index contributed by atoms with van der Waals surface area (Å²) in [6.45, 7) is 4.96. The molecular weight excluding hydrogens is 206 g/mol. The second kappa shape index (κ2) is 4.23. The minimum Gasteiger partial charge on any atom is -0.476 e. The highest BCUT2D eigenvalue weighted by atomic mass is 16.4. The number of nitrogens with zero attached hydrogens (tertiary/aromatic N) is 3. The molecule has 1 aromatic rings. The van der Waals surface area contributed by atoms with Crippen LogP contribution in [-0.2, 0) is 13.0 Å². The van der Waals surface area contributed by atoms with E-state index in [1.807, 2.05) is 0 Å². The summed E-state index contributed by atoms with van der Waals surface area (Å²) in [7, 11) is 0. The van der Waals surface area contributed by atoms with E-state index >= 15 is 0 Å². The van der Waals surface area contributed by atoms with Gasteiger partial charge in [0.1, 0.15) is 0 Å². The molecule has 0 unspecified atom stereocenters. The number of carboxylic acid groups (broad SMARTS) is 1. The molecule has 1 aromatic heterocycles. The smallest absolute Gasteiger partial charge is 0.358 e. The standard InChI is InChI=1S/C11H17N3O2/c1-7(2)5-9-10(11(15)16)12-13-14(9)6-8-3-4-8/h7-8H,3-6H2,1-2H3,(H,15,16). The van der Waals surface area contributed by atoms with Gasteiger partial charge in [0.05, 0.1) is 5.69 Å². The number of hydrogen-bond acceptors (Lipinski definition) is 3. The molecule has 0 bridgehead atoms. The van der Waals surface area contributed by atoms with Crippen molar-refractivity contribution in [3.05, 3.63) is 11.4 Å². The molecule has 1 N–H and O–H groups in total. The van der Waals surface area contributed by atoms with Crippen molar-refractivity contribution in [2.24, 2.45) is 11.8 Å². The van der Waals surface area contributed by atoms with Gasteiger partial charge in [0.15, 0.2) is 5.69 Å². The van der Waals surface area contributed by atoms with Gasteiger partial charge in [-0.05, 0) is 31.1 Å². The second-order valence-corrected chi connectivity index (χ2v) is 4.91. The van der Waals surface area contributed by atoms with Crippen molar-refractivity contribution in [1.82, 2.24) is 15.0 Å². The Labute approximate surface area is 94.5 Å². The van der Waals surface area contributed by atoms with Crippen molar-refractivity contribution >= 4 is 5.97 Å². The SMILES string of the molecule is CC(C)Cc1c(C(=O)O)nnn1CC1CC1. The number of aromatic carboxylic acids is 1. The van der Waals surface area contributed by atoms with E-state index in [2.05, 4.69) is 24.2 Å². The van der Waals surface area contributed by atoms with Crippen LogP contribution in [0.1, 0.15) is 42.9 Å². The van der Waals surface area contributed by atoms with Gasteiger partial charge in [0.2, 0.25) is 0 Å². The molecule has 0 radical (unpaired) electrons. The van der Waals surface area contributed by atoms with Crippen molar-refractivity contribution in [3.63, 3.8) is 0 Å². The van der Waals surface area contributed by atoms with Gasteiger partial charge in [-0.3, -0.25) is 0 Å². The average Bonchev–Trinajstić information content (AvgIpc) is 2.89. The zero-order valence-electron chi connectivity index (χ0n) is 9.68. The fourth-order valence-corrected chi connectivity index (χ4v) is 1.78. The van der Waals surface area contributed by atoms with E-state index in [0.29, 0.717) is 11.8 Å². The molecule has 1 heterocycles. The Morgan fingerprint density at radius 2 is 2.25 bits per heavy atom. The minimum absolute atomic E-state index is 0.120. The Balaban J connectivity index is 2.24. The van der Waals surface area contributed by atoms with E-state index in [-0.39, 0.29) is 5.69 Å². The molecule has 1 aliphatic rings. The first-order valence-electron chi connectivity index (χ1n) is 5.73. The Bertz CT molecular complexity index is 394. The number of rotatable bonds is 5. The van der Waals surface area contributed by atoms with Crippen molar-refractivity contribution in [2.75, 3.05) is 0 Å². The third kappa shape index (κ3) is 2.40. The van der Waals surface area contributed by atoms with E-state index in [1.54, 1.807) is 4.68 Å². The lowest BCUT2D eigenvalue weighted by Gasteiger charge is -2.08. The predicted octanol–water partition coefficient (Wildman–Crippen LogP) is 1.58. The number of carbonyl (C=O) groups is 1. The van der Waals surface area contributed by atoms with E-state index in [4.69, 9.17) is 5.11 Å². The summed E-state index contributed by atoms with van der Waals surface area (Å²) in [5.74, 6) is 0.113. The van der Waals surface area contributed by atoms with Crippen LogP contribution in [0.2, 0.25) is 0 Å². The van der Waals surface area contributed by atoms with Crippen LogP contribution in [-0.4, -0.2) is 26.1 Å². The Kier molecular flexibility index (Phi) is 2.94. The lowest BCUT2D eigenvalue weighted by atomic mass is 10.1. The van der Waals surface area contributed by atoms with Gasteiger partial charge in [-0.2, -0.15) is 0 Å². The molecule has 1 fully saturated rings. The summed E-state index contributed by atoms with van der Waals surface area (Å²) in [4.78, 5) is 11.0. The van der Waals surface area contributed by atoms with Crippen LogP contribution >= 0.6 is 0 Å². The van der Waals surface area contributed by atoms with Crippen molar-refractivity contribution in [1.29, 1.82) is 0 Å². The summed E-state index contributed by atoms with van der Waals surface area (Å²) in [6.07, 6.45) is 3.17. The first-order chi connectivity index (χ1) is 7.58. The predicted molar refractivity (Wildman–Crippen MR) is 58.2 cm³/mol. The summed E-state index contributed by atoms with van der Waals surface area (Å²) >= 11 is 0. The highest BCUT2D eigenvalue weighted by Gasteiger charge is 2.26. The molecule has 5 heteroatoms. The zero-order valence-corrected chi connectivity index (χ0v) is 9.68. The van der Waals surface area contributed by atoms with Crippen LogP contribution in [0.3, 0.4) is 0 Å². The molecule has 0 spiro atoms. The molecule has 0 amide bonds. The summed E-state index contributed by atoms with van der Waals surface area (Å²) in [5.41, 5.74) is 0.892. The first kappa shape index (κ1) is 11.1. The monoisotopic (exact) mass is 223 g/mol. The number of carboxylic acids is 1. The maximum Gasteiger partial charge on any atom is 0.358 e. The molecule has 5 nitrogen and oxygen atoms in total. The molecule has 0 aliphatic heterocycles. The molecule has 0 atom stereocenters. The average molecular weight is 223 g/mol. The van der Waals surface area contributed by atoms with Gasteiger partial charge < -0.3 is 5.11 Å². The first-order valence-corrected chi connectivity index (χ1v) is 5.73. The van der Waals surface area contributed by atoms with Crippen LogP contribution in [0.5, 0.6) is 0 Å². The van der Waals surface area contributed by atoms with Gasteiger partial charge in [-0.15, -0.1) is 5.10 Å². The molecule has 2 rings (SSSR count). The van der Waals surface area contributed by atoms with Crippen molar-refractivity contribution in [3.8, 4) is 0 Å².